The van der Waals surface area contributed by atoms with Crippen molar-refractivity contribution in [3.8, 4) is 0 Å². The Balaban J connectivity index is 2.19. The van der Waals surface area contributed by atoms with Crippen molar-refractivity contribution in [3.05, 3.63) is 23.8 Å². The SMILES string of the molecule is CONc1cc(C(=O)OC)ccc1NC1CCCC[C@H]1C. The molecule has 1 aromatic carbocycles. The maximum atomic E-state index is 11.6. The van der Waals surface area contributed by atoms with Gasteiger partial charge in [0.2, 0.25) is 0 Å². The molecule has 2 N–H and O–H groups in total. The Kier molecular flexibility index (Phi) is 5.44. The molecule has 21 heavy (non-hydrogen) atoms. The van der Waals surface area contributed by atoms with E-state index in [0.717, 1.165) is 11.4 Å². The number of hydrogen-bond acceptors (Lipinski definition) is 5. The van der Waals surface area contributed by atoms with Gasteiger partial charge in [-0.3, -0.25) is 10.3 Å². The average molecular weight is 292 g/mol. The van der Waals surface area contributed by atoms with Crippen molar-refractivity contribution in [1.82, 2.24) is 0 Å². The number of carbonyl (C=O) groups is 1. The maximum Gasteiger partial charge on any atom is 0.337 e. The molecule has 2 rings (SSSR count). The van der Waals surface area contributed by atoms with Gasteiger partial charge in [0, 0.05) is 6.04 Å². The molecular weight excluding hydrogens is 268 g/mol. The van der Waals surface area contributed by atoms with Crippen LogP contribution in [0, 0.1) is 5.92 Å². The average Bonchev–Trinajstić information content (AvgIpc) is 2.50. The standard InChI is InChI=1S/C16H24N2O3/c1-11-6-4-5-7-13(11)17-14-9-8-12(16(19)20-2)10-15(14)18-21-3/h8-11,13,17-18H,4-7H2,1-3H3/t11-,13?/m1/s1. The Morgan fingerprint density at radius 2 is 1.95 bits per heavy atom. The third-order valence-corrected chi connectivity index (χ3v) is 4.11. The summed E-state index contributed by atoms with van der Waals surface area (Å²) in [5.41, 5.74) is 5.02. The molecular formula is C16H24N2O3. The van der Waals surface area contributed by atoms with Crippen LogP contribution in [-0.2, 0) is 9.57 Å². The fourth-order valence-corrected chi connectivity index (χ4v) is 2.84. The third kappa shape index (κ3) is 3.88. The van der Waals surface area contributed by atoms with Crippen LogP contribution in [0.25, 0.3) is 0 Å². The highest BCUT2D eigenvalue weighted by Crippen LogP contribution is 2.30. The summed E-state index contributed by atoms with van der Waals surface area (Å²) in [5.74, 6) is 0.293. The van der Waals surface area contributed by atoms with E-state index in [4.69, 9.17) is 9.57 Å². The highest BCUT2D eigenvalue weighted by atomic mass is 16.6. The van der Waals surface area contributed by atoms with Crippen molar-refractivity contribution in [1.29, 1.82) is 0 Å². The van der Waals surface area contributed by atoms with Crippen LogP contribution in [0.3, 0.4) is 0 Å². The number of rotatable bonds is 5. The van der Waals surface area contributed by atoms with Crippen molar-refractivity contribution < 1.29 is 14.4 Å². The van der Waals surface area contributed by atoms with Crippen molar-refractivity contribution in [3.63, 3.8) is 0 Å². The van der Waals surface area contributed by atoms with Crippen molar-refractivity contribution in [2.24, 2.45) is 5.92 Å². The molecule has 1 aliphatic carbocycles. The molecule has 5 heteroatoms. The van der Waals surface area contributed by atoms with Crippen molar-refractivity contribution >= 4 is 17.3 Å². The van der Waals surface area contributed by atoms with Crippen LogP contribution >= 0.6 is 0 Å². The normalized spacial score (nSPS) is 21.7. The van der Waals surface area contributed by atoms with E-state index in [1.165, 1.54) is 32.8 Å². The number of methoxy groups -OCH3 is 1. The van der Waals surface area contributed by atoms with Gasteiger partial charge < -0.3 is 10.1 Å². The molecule has 0 heterocycles. The van der Waals surface area contributed by atoms with E-state index in [1.54, 1.807) is 19.2 Å². The lowest BCUT2D eigenvalue weighted by molar-refractivity contribution is 0.0601. The molecule has 0 bridgehead atoms. The topological polar surface area (TPSA) is 59.6 Å². The first-order valence-electron chi connectivity index (χ1n) is 7.43. The Morgan fingerprint density at radius 3 is 2.62 bits per heavy atom. The van der Waals surface area contributed by atoms with Gasteiger partial charge in [0.05, 0.1) is 31.2 Å². The molecule has 0 aliphatic heterocycles. The zero-order valence-electron chi connectivity index (χ0n) is 12.9. The van der Waals surface area contributed by atoms with Gasteiger partial charge in [-0.15, -0.1) is 0 Å². The molecule has 0 radical (unpaired) electrons. The summed E-state index contributed by atoms with van der Waals surface area (Å²) in [7, 11) is 2.93. The van der Waals surface area contributed by atoms with Gasteiger partial charge >= 0.3 is 5.97 Å². The van der Waals surface area contributed by atoms with E-state index in [1.807, 2.05) is 6.07 Å². The lowest BCUT2D eigenvalue weighted by Gasteiger charge is -2.31. The van der Waals surface area contributed by atoms with Crippen LogP contribution in [0.1, 0.15) is 43.0 Å². The second-order valence-electron chi connectivity index (χ2n) is 5.57. The number of ether oxygens (including phenoxy) is 1. The van der Waals surface area contributed by atoms with E-state index in [-0.39, 0.29) is 5.97 Å². The fourth-order valence-electron chi connectivity index (χ4n) is 2.84. The van der Waals surface area contributed by atoms with Gasteiger partial charge in [-0.1, -0.05) is 19.8 Å². The first kappa shape index (κ1) is 15.6. The van der Waals surface area contributed by atoms with E-state index < -0.39 is 0 Å². The van der Waals surface area contributed by atoms with Crippen LogP contribution in [0.15, 0.2) is 18.2 Å². The first-order valence-corrected chi connectivity index (χ1v) is 7.43. The number of anilines is 2. The van der Waals surface area contributed by atoms with Gasteiger partial charge in [-0.05, 0) is 37.0 Å². The van der Waals surface area contributed by atoms with E-state index in [2.05, 4.69) is 17.7 Å². The molecule has 1 aromatic rings. The van der Waals surface area contributed by atoms with Crippen LogP contribution < -0.4 is 10.8 Å². The monoisotopic (exact) mass is 292 g/mol. The zero-order chi connectivity index (χ0) is 15.2. The molecule has 1 aliphatic rings. The molecule has 1 unspecified atom stereocenters. The van der Waals surface area contributed by atoms with Crippen molar-refractivity contribution in [2.45, 2.75) is 38.6 Å². The predicted octanol–water partition coefficient (Wildman–Crippen LogP) is 3.44. The molecule has 0 spiro atoms. The quantitative estimate of drug-likeness (QED) is 0.643. The lowest BCUT2D eigenvalue weighted by atomic mass is 9.86. The van der Waals surface area contributed by atoms with Crippen LogP contribution in [0.4, 0.5) is 11.4 Å². The Bertz CT molecular complexity index is 490. The first-order chi connectivity index (χ1) is 10.2. The Hall–Kier alpha value is -1.75. The van der Waals surface area contributed by atoms with E-state index >= 15 is 0 Å². The van der Waals surface area contributed by atoms with E-state index in [0.29, 0.717) is 17.5 Å². The van der Waals surface area contributed by atoms with Crippen LogP contribution in [0.5, 0.6) is 0 Å². The van der Waals surface area contributed by atoms with Crippen LogP contribution in [0.2, 0.25) is 0 Å². The number of benzene rings is 1. The molecule has 1 fully saturated rings. The second kappa shape index (κ2) is 7.31. The molecule has 0 amide bonds. The molecule has 0 aromatic heterocycles. The highest BCUT2D eigenvalue weighted by Gasteiger charge is 2.22. The van der Waals surface area contributed by atoms with Crippen molar-refractivity contribution in [2.75, 3.05) is 25.0 Å². The zero-order valence-corrected chi connectivity index (χ0v) is 12.9. The summed E-state index contributed by atoms with van der Waals surface area (Å²) < 4.78 is 4.75. The minimum Gasteiger partial charge on any atom is -0.465 e. The van der Waals surface area contributed by atoms with Gasteiger partial charge in [0.25, 0.3) is 0 Å². The highest BCUT2D eigenvalue weighted by molar-refractivity contribution is 5.92. The fraction of sp³-hybridized carbons (Fsp3) is 0.562. The summed E-state index contributed by atoms with van der Waals surface area (Å²) in [6, 6.07) is 5.86. The van der Waals surface area contributed by atoms with Gasteiger partial charge in [-0.2, -0.15) is 0 Å². The van der Waals surface area contributed by atoms with Gasteiger partial charge in [0.1, 0.15) is 0 Å². The molecule has 116 valence electrons. The third-order valence-electron chi connectivity index (χ3n) is 4.11. The minimum atomic E-state index is -0.355. The molecule has 5 nitrogen and oxygen atoms in total. The van der Waals surface area contributed by atoms with Crippen LogP contribution in [-0.4, -0.2) is 26.2 Å². The summed E-state index contributed by atoms with van der Waals surface area (Å²) in [6.45, 7) is 2.28. The largest absolute Gasteiger partial charge is 0.465 e. The van der Waals surface area contributed by atoms with E-state index in [9.17, 15) is 4.79 Å². The summed E-state index contributed by atoms with van der Waals surface area (Å²) in [5, 5.41) is 3.57. The smallest absolute Gasteiger partial charge is 0.337 e. The molecule has 1 saturated carbocycles. The molecule has 0 saturated heterocycles. The maximum absolute atomic E-state index is 11.6. The van der Waals surface area contributed by atoms with Gasteiger partial charge in [0.15, 0.2) is 0 Å². The number of hydrogen-bond donors (Lipinski definition) is 2. The summed E-state index contributed by atoms with van der Waals surface area (Å²) in [6.07, 6.45) is 5.00. The van der Waals surface area contributed by atoms with Gasteiger partial charge in [-0.25, -0.2) is 4.79 Å². The minimum absolute atomic E-state index is 0.355. The number of carbonyl (C=O) groups excluding carboxylic acids is 1. The lowest BCUT2D eigenvalue weighted by Crippen LogP contribution is -2.30. The summed E-state index contributed by atoms with van der Waals surface area (Å²) in [4.78, 5) is 16.6. The number of esters is 1. The Labute approximate surface area is 126 Å². The number of nitrogens with one attached hydrogen (secondary N) is 2. The predicted molar refractivity (Wildman–Crippen MR) is 83.5 cm³/mol. The Morgan fingerprint density at radius 1 is 1.19 bits per heavy atom. The molecule has 2 atom stereocenters. The summed E-state index contributed by atoms with van der Waals surface area (Å²) >= 11 is 0. The second-order valence-corrected chi connectivity index (χ2v) is 5.57.